The standard InChI is InChI=1S/C21H17FN2OS2/c1-13-14(2)27-19-18(13)20(25)24(17-6-4-3-5-7-17)21(23-19)26-12-15-8-10-16(22)11-9-15/h3-11H,12H2,1-2H3. The number of halogens is 1. The van der Waals surface area contributed by atoms with Crippen LogP contribution in [-0.2, 0) is 5.75 Å². The quantitative estimate of drug-likeness (QED) is 0.338. The highest BCUT2D eigenvalue weighted by Gasteiger charge is 2.18. The normalized spacial score (nSPS) is 11.2. The fraction of sp³-hybridized carbons (Fsp3) is 0.143. The fourth-order valence-electron chi connectivity index (χ4n) is 2.91. The van der Waals surface area contributed by atoms with Gasteiger partial charge in [-0.15, -0.1) is 11.3 Å². The highest BCUT2D eigenvalue weighted by molar-refractivity contribution is 7.98. The van der Waals surface area contributed by atoms with Gasteiger partial charge in [-0.05, 0) is 49.2 Å². The molecule has 3 nitrogen and oxygen atoms in total. The molecule has 136 valence electrons. The smallest absolute Gasteiger partial charge is 0.267 e. The third kappa shape index (κ3) is 3.42. The highest BCUT2D eigenvalue weighted by atomic mass is 32.2. The molecule has 0 amide bonds. The van der Waals surface area contributed by atoms with Crippen molar-refractivity contribution in [1.29, 1.82) is 0 Å². The number of hydrogen-bond acceptors (Lipinski definition) is 4. The summed E-state index contributed by atoms with van der Waals surface area (Å²) in [4.78, 5) is 20.0. The average molecular weight is 397 g/mol. The zero-order valence-corrected chi connectivity index (χ0v) is 16.5. The number of fused-ring (bicyclic) bond motifs is 1. The molecule has 0 N–H and O–H groups in total. The highest BCUT2D eigenvalue weighted by Crippen LogP contribution is 2.30. The number of aryl methyl sites for hydroxylation is 2. The molecule has 0 aliphatic carbocycles. The predicted molar refractivity (Wildman–Crippen MR) is 111 cm³/mol. The molecule has 0 spiro atoms. The van der Waals surface area contributed by atoms with Crippen molar-refractivity contribution in [3.05, 3.63) is 86.8 Å². The van der Waals surface area contributed by atoms with E-state index in [1.807, 2.05) is 44.2 Å². The second kappa shape index (κ2) is 7.29. The molecule has 4 aromatic rings. The van der Waals surface area contributed by atoms with Gasteiger partial charge in [0, 0.05) is 10.6 Å². The van der Waals surface area contributed by atoms with E-state index in [-0.39, 0.29) is 11.4 Å². The van der Waals surface area contributed by atoms with Gasteiger partial charge >= 0.3 is 0 Å². The Morgan fingerprint density at radius 1 is 1.07 bits per heavy atom. The van der Waals surface area contributed by atoms with Crippen LogP contribution in [0.2, 0.25) is 0 Å². The molecule has 2 heterocycles. The van der Waals surface area contributed by atoms with Gasteiger partial charge in [0.2, 0.25) is 0 Å². The van der Waals surface area contributed by atoms with Crippen molar-refractivity contribution in [3.8, 4) is 5.69 Å². The van der Waals surface area contributed by atoms with E-state index in [2.05, 4.69) is 0 Å². The molecule has 6 heteroatoms. The molecular weight excluding hydrogens is 379 g/mol. The molecule has 0 fully saturated rings. The number of nitrogens with zero attached hydrogens (tertiary/aromatic N) is 2. The summed E-state index contributed by atoms with van der Waals surface area (Å²) in [5.41, 5.74) is 2.72. The number of hydrogen-bond donors (Lipinski definition) is 0. The predicted octanol–water partition coefficient (Wildman–Crippen LogP) is 5.50. The maximum Gasteiger partial charge on any atom is 0.267 e. The first-order valence-electron chi connectivity index (χ1n) is 8.50. The SMILES string of the molecule is Cc1sc2nc(SCc3ccc(F)cc3)n(-c3ccccc3)c(=O)c2c1C. The number of thiophene rings is 1. The second-order valence-corrected chi connectivity index (χ2v) is 8.39. The van der Waals surface area contributed by atoms with Gasteiger partial charge in [-0.25, -0.2) is 9.37 Å². The van der Waals surface area contributed by atoms with Gasteiger partial charge in [-0.1, -0.05) is 42.1 Å². The fourth-order valence-corrected chi connectivity index (χ4v) is 4.94. The van der Waals surface area contributed by atoms with Crippen LogP contribution in [0, 0.1) is 19.7 Å². The maximum atomic E-state index is 13.3. The van der Waals surface area contributed by atoms with Gasteiger partial charge in [0.25, 0.3) is 5.56 Å². The van der Waals surface area contributed by atoms with Crippen LogP contribution in [0.4, 0.5) is 4.39 Å². The van der Waals surface area contributed by atoms with E-state index in [0.29, 0.717) is 16.3 Å². The molecule has 0 radical (unpaired) electrons. The zero-order chi connectivity index (χ0) is 19.0. The van der Waals surface area contributed by atoms with Crippen molar-refractivity contribution in [2.24, 2.45) is 0 Å². The molecule has 0 aliphatic heterocycles. The first kappa shape index (κ1) is 17.9. The zero-order valence-electron chi connectivity index (χ0n) is 14.9. The summed E-state index contributed by atoms with van der Waals surface area (Å²) in [5, 5.41) is 1.33. The number of para-hydroxylation sites is 1. The summed E-state index contributed by atoms with van der Waals surface area (Å²) in [6.07, 6.45) is 0. The van der Waals surface area contributed by atoms with Gasteiger partial charge in [-0.3, -0.25) is 9.36 Å². The maximum absolute atomic E-state index is 13.3. The first-order valence-corrected chi connectivity index (χ1v) is 10.3. The average Bonchev–Trinajstić information content (AvgIpc) is 2.96. The monoisotopic (exact) mass is 396 g/mol. The van der Waals surface area contributed by atoms with Crippen LogP contribution >= 0.6 is 23.1 Å². The van der Waals surface area contributed by atoms with Crippen molar-refractivity contribution < 1.29 is 4.39 Å². The molecule has 0 unspecified atom stereocenters. The molecule has 0 atom stereocenters. The molecule has 0 aliphatic rings. The molecule has 27 heavy (non-hydrogen) atoms. The molecule has 2 aromatic carbocycles. The van der Waals surface area contributed by atoms with E-state index < -0.39 is 0 Å². The van der Waals surface area contributed by atoms with Crippen molar-refractivity contribution in [3.63, 3.8) is 0 Å². The first-order chi connectivity index (χ1) is 13.0. The van der Waals surface area contributed by atoms with Gasteiger partial charge in [0.05, 0.1) is 11.1 Å². The Hall–Kier alpha value is -2.44. The van der Waals surface area contributed by atoms with Gasteiger partial charge in [0.15, 0.2) is 5.16 Å². The van der Waals surface area contributed by atoms with E-state index in [1.165, 1.54) is 23.9 Å². The Kier molecular flexibility index (Phi) is 4.85. The lowest BCUT2D eigenvalue weighted by Gasteiger charge is -2.12. The number of thioether (sulfide) groups is 1. The van der Waals surface area contributed by atoms with Crippen LogP contribution in [0.3, 0.4) is 0 Å². The van der Waals surface area contributed by atoms with Crippen molar-refractivity contribution in [2.75, 3.05) is 0 Å². The number of aromatic nitrogens is 2. The van der Waals surface area contributed by atoms with Crippen LogP contribution in [0.1, 0.15) is 16.0 Å². The summed E-state index contributed by atoms with van der Waals surface area (Å²) < 4.78 is 14.8. The summed E-state index contributed by atoms with van der Waals surface area (Å²) in [6, 6.07) is 16.0. The van der Waals surface area contributed by atoms with E-state index in [0.717, 1.165) is 26.5 Å². The van der Waals surface area contributed by atoms with Crippen LogP contribution in [0.15, 0.2) is 64.5 Å². The van der Waals surface area contributed by atoms with Crippen molar-refractivity contribution in [1.82, 2.24) is 9.55 Å². The molecule has 4 rings (SSSR count). The molecule has 2 aromatic heterocycles. The van der Waals surface area contributed by atoms with E-state index >= 15 is 0 Å². The van der Waals surface area contributed by atoms with Gasteiger partial charge in [-0.2, -0.15) is 0 Å². The second-order valence-electron chi connectivity index (χ2n) is 6.25. The van der Waals surface area contributed by atoms with Crippen molar-refractivity contribution >= 4 is 33.3 Å². The van der Waals surface area contributed by atoms with Crippen molar-refractivity contribution in [2.45, 2.75) is 24.8 Å². The topological polar surface area (TPSA) is 34.9 Å². The van der Waals surface area contributed by atoms with Crippen LogP contribution < -0.4 is 5.56 Å². The molecule has 0 saturated heterocycles. The minimum atomic E-state index is -0.256. The third-order valence-corrected chi connectivity index (χ3v) is 6.58. The molecular formula is C21H17FN2OS2. The Bertz CT molecular complexity index is 1160. The minimum absolute atomic E-state index is 0.0466. The van der Waals surface area contributed by atoms with Crippen LogP contribution in [0.5, 0.6) is 0 Å². The summed E-state index contributed by atoms with van der Waals surface area (Å²) in [7, 11) is 0. The number of benzene rings is 2. The Morgan fingerprint density at radius 3 is 2.48 bits per heavy atom. The van der Waals surface area contributed by atoms with E-state index in [1.54, 1.807) is 28.0 Å². The summed E-state index contributed by atoms with van der Waals surface area (Å²) in [5.74, 6) is 0.350. The Balaban J connectivity index is 1.85. The Morgan fingerprint density at radius 2 is 1.78 bits per heavy atom. The van der Waals surface area contributed by atoms with E-state index in [9.17, 15) is 9.18 Å². The largest absolute Gasteiger partial charge is 0.268 e. The van der Waals surface area contributed by atoms with E-state index in [4.69, 9.17) is 4.98 Å². The lowest BCUT2D eigenvalue weighted by Crippen LogP contribution is -2.21. The van der Waals surface area contributed by atoms with Gasteiger partial charge < -0.3 is 0 Å². The lowest BCUT2D eigenvalue weighted by atomic mass is 10.2. The van der Waals surface area contributed by atoms with Crippen LogP contribution in [0.25, 0.3) is 15.9 Å². The van der Waals surface area contributed by atoms with Gasteiger partial charge in [0.1, 0.15) is 10.6 Å². The molecule has 0 bridgehead atoms. The minimum Gasteiger partial charge on any atom is -0.268 e. The summed E-state index contributed by atoms with van der Waals surface area (Å²) in [6.45, 7) is 3.98. The number of rotatable bonds is 4. The summed E-state index contributed by atoms with van der Waals surface area (Å²) >= 11 is 3.03. The lowest BCUT2D eigenvalue weighted by molar-refractivity contribution is 0.627. The van der Waals surface area contributed by atoms with Crippen LogP contribution in [-0.4, -0.2) is 9.55 Å². The molecule has 0 saturated carbocycles. The Labute approximate surface area is 164 Å². The third-order valence-electron chi connectivity index (χ3n) is 4.47.